The molecule has 1 unspecified atom stereocenters. The van der Waals surface area contributed by atoms with Crippen LogP contribution in [0, 0.1) is 0 Å². The first-order valence-corrected chi connectivity index (χ1v) is 19.6. The Morgan fingerprint density at radius 2 is 1.41 bits per heavy atom. The van der Waals surface area contributed by atoms with Gasteiger partial charge in [-0.2, -0.15) is 0 Å². The Kier molecular flexibility index (Phi) is 11.4. The smallest absolute Gasteiger partial charge is 0.365 e. The first kappa shape index (κ1) is 38.1. The lowest BCUT2D eigenvalue weighted by Crippen LogP contribution is -2.23. The van der Waals surface area contributed by atoms with E-state index in [0.29, 0.717) is 50.3 Å². The summed E-state index contributed by atoms with van der Waals surface area (Å²) >= 11 is 0. The van der Waals surface area contributed by atoms with E-state index < -0.39 is 20.2 Å². The minimum Gasteiger partial charge on any atom is -0.465 e. The molecular formula is C42H43N6O7P. The van der Waals surface area contributed by atoms with Gasteiger partial charge in [-0.3, -0.25) is 0 Å². The maximum absolute atomic E-state index is 12.1. The molecule has 13 nitrogen and oxygen atoms in total. The first-order chi connectivity index (χ1) is 27.1. The first-order valence-electron chi connectivity index (χ1n) is 18.4. The molecule has 1 aliphatic heterocycles. The van der Waals surface area contributed by atoms with Crippen molar-refractivity contribution in [3.8, 4) is 28.5 Å². The Hall–Kier alpha value is -6.17. The average molecular weight is 775 g/mol. The summed E-state index contributed by atoms with van der Waals surface area (Å²) in [5.41, 5.74) is 4.52. The number of carbonyl (C=O) groups is 2. The number of H-pyrrole nitrogens is 2. The number of nitrogens with zero attached hydrogens (tertiary/aromatic N) is 4. The molecule has 0 bridgehead atoms. The van der Waals surface area contributed by atoms with E-state index in [0.717, 1.165) is 33.9 Å². The molecule has 8 rings (SSSR count). The predicted molar refractivity (Wildman–Crippen MR) is 219 cm³/mol. The van der Waals surface area contributed by atoms with Gasteiger partial charge in [-0.25, -0.2) is 24.1 Å². The molecular weight excluding hydrogens is 731 g/mol. The van der Waals surface area contributed by atoms with Crippen LogP contribution in [0.2, 0.25) is 0 Å². The van der Waals surface area contributed by atoms with Gasteiger partial charge in [0.15, 0.2) is 0 Å². The van der Waals surface area contributed by atoms with Crippen LogP contribution in [-0.2, 0) is 14.0 Å². The fourth-order valence-electron chi connectivity index (χ4n) is 6.89. The number of rotatable bonds is 11. The molecule has 0 fully saturated rings. The van der Waals surface area contributed by atoms with Gasteiger partial charge in [0.05, 0.1) is 59.6 Å². The van der Waals surface area contributed by atoms with Gasteiger partial charge in [0.25, 0.3) is 0 Å². The van der Waals surface area contributed by atoms with Crippen LogP contribution in [0.1, 0.15) is 53.3 Å². The number of hydrogen-bond acceptors (Lipinski definition) is 10. The van der Waals surface area contributed by atoms with E-state index in [1.165, 1.54) is 46.4 Å². The molecule has 7 aromatic rings. The molecule has 2 aromatic heterocycles. The summed E-state index contributed by atoms with van der Waals surface area (Å²) in [4.78, 5) is 54.5. The van der Waals surface area contributed by atoms with E-state index in [1.54, 1.807) is 42.5 Å². The summed E-state index contributed by atoms with van der Waals surface area (Å²) in [6, 6.07) is 23.4. The number of aromatic amines is 2. The predicted octanol–water partition coefficient (Wildman–Crippen LogP) is 8.66. The van der Waals surface area contributed by atoms with E-state index in [9.17, 15) is 19.0 Å². The number of carbonyl (C=O) groups excluding carboxylic acids is 2. The van der Waals surface area contributed by atoms with Crippen molar-refractivity contribution in [1.29, 1.82) is 0 Å². The number of imidazole rings is 2. The number of benzene rings is 5. The van der Waals surface area contributed by atoms with Gasteiger partial charge in [-0.15, -0.1) is 0 Å². The summed E-state index contributed by atoms with van der Waals surface area (Å²) in [6.07, 6.45) is 9.76. The van der Waals surface area contributed by atoms with E-state index in [2.05, 4.69) is 51.1 Å². The second-order valence-electron chi connectivity index (χ2n) is 13.6. The lowest BCUT2D eigenvalue weighted by atomic mass is 9.97. The number of aromatic nitrogens is 4. The summed E-state index contributed by atoms with van der Waals surface area (Å²) < 4.78 is 27.3. The van der Waals surface area contributed by atoms with E-state index >= 15 is 0 Å². The van der Waals surface area contributed by atoms with Crippen molar-refractivity contribution in [1.82, 2.24) is 29.7 Å². The molecule has 0 aliphatic carbocycles. The number of methoxy groups -OCH3 is 2. The highest BCUT2D eigenvalue weighted by molar-refractivity contribution is 7.32. The number of hydrogen-bond donors (Lipinski definition) is 3. The minimum absolute atomic E-state index is 0.185. The lowest BCUT2D eigenvalue weighted by Gasteiger charge is -2.17. The second kappa shape index (κ2) is 16.7. The van der Waals surface area contributed by atoms with E-state index in [-0.39, 0.29) is 5.75 Å². The molecule has 288 valence electrons. The second-order valence-corrected chi connectivity index (χ2v) is 14.3. The molecule has 0 spiro atoms. The molecule has 3 heterocycles. The molecule has 0 amide bonds. The van der Waals surface area contributed by atoms with Crippen LogP contribution in [0.3, 0.4) is 0 Å². The SMILES string of the molecule is CCCCCCN1C=CN(C)C1.COC(=O)c1ccc2[nH]c(-c3ccc4cc5cccc(-c6nc7cc(C(=O)OC)ccc7[nH]6)c5cc4c3O[PH](=O)O)nc2c1. The molecule has 5 aromatic carbocycles. The number of ether oxygens (including phenoxy) is 2. The van der Waals surface area contributed by atoms with Crippen LogP contribution >= 0.6 is 8.25 Å². The average Bonchev–Trinajstić information content (AvgIpc) is 3.95. The van der Waals surface area contributed by atoms with Crippen LogP contribution in [0.25, 0.3) is 66.4 Å². The topological polar surface area (TPSA) is 163 Å². The number of fused-ring (bicyclic) bond motifs is 4. The van der Waals surface area contributed by atoms with Crippen LogP contribution in [0.5, 0.6) is 5.75 Å². The van der Waals surface area contributed by atoms with Gasteiger partial charge < -0.3 is 38.7 Å². The van der Waals surface area contributed by atoms with Crippen molar-refractivity contribution >= 4 is 63.8 Å². The molecule has 3 N–H and O–H groups in total. The van der Waals surface area contributed by atoms with Crippen molar-refractivity contribution in [2.24, 2.45) is 0 Å². The van der Waals surface area contributed by atoms with E-state index in [1.807, 2.05) is 36.4 Å². The Morgan fingerprint density at radius 3 is 2.00 bits per heavy atom. The van der Waals surface area contributed by atoms with Gasteiger partial charge in [0.1, 0.15) is 17.4 Å². The van der Waals surface area contributed by atoms with Gasteiger partial charge >= 0.3 is 20.2 Å². The molecule has 0 saturated carbocycles. The molecule has 1 aliphatic rings. The lowest BCUT2D eigenvalue weighted by molar-refractivity contribution is 0.0592. The van der Waals surface area contributed by atoms with Gasteiger partial charge in [0.2, 0.25) is 0 Å². The van der Waals surface area contributed by atoms with Gasteiger partial charge in [0, 0.05) is 36.9 Å². The van der Waals surface area contributed by atoms with Crippen LogP contribution < -0.4 is 4.52 Å². The maximum atomic E-state index is 12.1. The molecule has 0 radical (unpaired) electrons. The summed E-state index contributed by atoms with van der Waals surface area (Å²) in [5.74, 6) is 0.230. The fraction of sp³-hybridized carbons (Fsp3) is 0.238. The quantitative estimate of drug-likeness (QED) is 0.0499. The maximum Gasteiger partial charge on any atom is 0.365 e. The highest BCUT2D eigenvalue weighted by Crippen LogP contribution is 2.43. The normalized spacial score (nSPS) is 13.0. The minimum atomic E-state index is -3.41. The third-order valence-electron chi connectivity index (χ3n) is 9.71. The number of nitrogens with one attached hydrogen (secondary N) is 2. The fourth-order valence-corrected chi connectivity index (χ4v) is 7.29. The summed E-state index contributed by atoms with van der Waals surface area (Å²) in [6.45, 7) is 4.55. The Morgan fingerprint density at radius 1 is 0.768 bits per heavy atom. The van der Waals surface area contributed by atoms with Crippen LogP contribution in [0.15, 0.2) is 91.3 Å². The van der Waals surface area contributed by atoms with Crippen molar-refractivity contribution in [3.05, 3.63) is 102 Å². The van der Waals surface area contributed by atoms with Gasteiger partial charge in [-0.1, -0.05) is 50.5 Å². The van der Waals surface area contributed by atoms with Crippen LogP contribution in [-0.4, -0.2) is 81.0 Å². The zero-order valence-corrected chi connectivity index (χ0v) is 32.6. The van der Waals surface area contributed by atoms with Crippen molar-refractivity contribution in [3.63, 3.8) is 0 Å². The highest BCUT2D eigenvalue weighted by Gasteiger charge is 2.19. The molecule has 1 atom stereocenters. The summed E-state index contributed by atoms with van der Waals surface area (Å²) in [7, 11) is 1.34. The van der Waals surface area contributed by atoms with Crippen molar-refractivity contribution in [2.75, 3.05) is 34.5 Å². The largest absolute Gasteiger partial charge is 0.465 e. The van der Waals surface area contributed by atoms with Crippen molar-refractivity contribution < 1.29 is 33.0 Å². The third kappa shape index (κ3) is 8.10. The van der Waals surface area contributed by atoms with Gasteiger partial charge in [-0.05, 0) is 77.2 Å². The standard InChI is InChI=1S/C32H23N4O7P.C10H20N2/c1-41-31(37)18-7-10-24-26(13-18)35-29(33-24)20-5-3-4-16-12-17-6-9-21(28(43-44(39)40)23(17)15-22(16)20)30-34-25-11-8-19(32(38)42-2)14-27(25)36-30;1-3-4-5-6-7-12-9-8-11(2)10-12/h3-15,44H,1-2H3,(H,33,35)(H,34,36)(H,39,40);8-9H,3-7,10H2,1-2H3. The Balaban J connectivity index is 0.000000344. The highest BCUT2D eigenvalue weighted by atomic mass is 31.1. The molecule has 56 heavy (non-hydrogen) atoms. The van der Waals surface area contributed by atoms with Crippen LogP contribution in [0.4, 0.5) is 0 Å². The summed E-state index contributed by atoms with van der Waals surface area (Å²) in [5, 5.41) is 3.11. The number of unbranched alkanes of at least 4 members (excludes halogenated alkanes) is 3. The van der Waals surface area contributed by atoms with Crippen molar-refractivity contribution in [2.45, 2.75) is 32.6 Å². The zero-order valence-electron chi connectivity index (χ0n) is 31.6. The molecule has 14 heteroatoms. The molecule has 0 saturated heterocycles. The Labute approximate surface area is 323 Å². The zero-order chi connectivity index (χ0) is 39.3. The number of esters is 2. The van der Waals surface area contributed by atoms with E-state index in [4.69, 9.17) is 19.0 Å². The third-order valence-corrected chi connectivity index (χ3v) is 10.1. The Bertz CT molecular complexity index is 2630. The monoisotopic (exact) mass is 774 g/mol.